The predicted molar refractivity (Wildman–Crippen MR) is 69.2 cm³/mol. The topological polar surface area (TPSA) is 51.2 Å². The molecule has 0 fully saturated rings. The summed E-state index contributed by atoms with van der Waals surface area (Å²) in [5, 5.41) is 3.40. The first-order valence-electron chi connectivity index (χ1n) is 6.47. The zero-order valence-corrected chi connectivity index (χ0v) is 11.0. The molecule has 1 unspecified atom stereocenters. The van der Waals surface area contributed by atoms with Crippen LogP contribution in [-0.2, 0) is 19.4 Å². The van der Waals surface area contributed by atoms with Crippen molar-refractivity contribution in [1.29, 1.82) is 0 Å². The molecule has 18 heavy (non-hydrogen) atoms. The van der Waals surface area contributed by atoms with E-state index in [9.17, 15) is 0 Å². The molecule has 0 spiro atoms. The summed E-state index contributed by atoms with van der Waals surface area (Å²) in [4.78, 5) is 4.22. The van der Waals surface area contributed by atoms with Crippen LogP contribution in [0.15, 0.2) is 33.4 Å². The van der Waals surface area contributed by atoms with Gasteiger partial charge in [-0.3, -0.25) is 0 Å². The molecular weight excluding hydrogens is 228 g/mol. The second-order valence-electron chi connectivity index (χ2n) is 4.47. The van der Waals surface area contributed by atoms with Gasteiger partial charge in [0.15, 0.2) is 0 Å². The minimum atomic E-state index is 0.409. The number of hydrogen-bond acceptors (Lipinski definition) is 4. The highest BCUT2D eigenvalue weighted by molar-refractivity contribution is 4.98. The van der Waals surface area contributed by atoms with E-state index in [1.54, 1.807) is 12.5 Å². The lowest BCUT2D eigenvalue weighted by molar-refractivity contribution is 0.407. The van der Waals surface area contributed by atoms with Crippen LogP contribution < -0.4 is 5.32 Å². The summed E-state index contributed by atoms with van der Waals surface area (Å²) >= 11 is 0. The molecule has 1 N–H and O–H groups in total. The van der Waals surface area contributed by atoms with E-state index in [2.05, 4.69) is 24.1 Å². The van der Waals surface area contributed by atoms with E-state index in [-0.39, 0.29) is 0 Å². The Morgan fingerprint density at radius 3 is 2.94 bits per heavy atom. The van der Waals surface area contributed by atoms with Crippen molar-refractivity contribution in [1.82, 2.24) is 10.3 Å². The van der Waals surface area contributed by atoms with Gasteiger partial charge in [-0.1, -0.05) is 6.92 Å². The molecule has 0 bridgehead atoms. The number of aromatic nitrogens is 1. The fraction of sp³-hybridized carbons (Fsp3) is 0.500. The lowest BCUT2D eigenvalue weighted by atomic mass is 10.1. The highest BCUT2D eigenvalue weighted by Crippen LogP contribution is 2.07. The van der Waals surface area contributed by atoms with Crippen LogP contribution in [0.3, 0.4) is 0 Å². The molecule has 0 aromatic carbocycles. The molecule has 0 aliphatic rings. The van der Waals surface area contributed by atoms with E-state index in [1.807, 2.05) is 12.1 Å². The molecule has 2 aromatic heterocycles. The molecule has 98 valence electrons. The van der Waals surface area contributed by atoms with Gasteiger partial charge in [-0.25, -0.2) is 4.98 Å². The van der Waals surface area contributed by atoms with E-state index in [1.165, 1.54) is 0 Å². The van der Waals surface area contributed by atoms with Gasteiger partial charge in [0.25, 0.3) is 0 Å². The molecule has 4 heteroatoms. The Hall–Kier alpha value is -1.55. The summed E-state index contributed by atoms with van der Waals surface area (Å²) in [6.45, 7) is 4.90. The van der Waals surface area contributed by atoms with Gasteiger partial charge in [0.2, 0.25) is 5.89 Å². The lowest BCUT2D eigenvalue weighted by Gasteiger charge is -2.11. The molecule has 0 radical (unpaired) electrons. The number of nitrogens with zero attached hydrogens (tertiary/aromatic N) is 1. The fourth-order valence-electron chi connectivity index (χ4n) is 1.77. The van der Waals surface area contributed by atoms with Crippen molar-refractivity contribution in [3.05, 3.63) is 42.0 Å². The third-order valence-electron chi connectivity index (χ3n) is 2.96. The number of rotatable bonds is 7. The smallest absolute Gasteiger partial charge is 0.208 e. The van der Waals surface area contributed by atoms with Gasteiger partial charge in [0, 0.05) is 18.9 Å². The molecule has 2 heterocycles. The number of hydrogen-bond donors (Lipinski definition) is 1. The van der Waals surface area contributed by atoms with Crippen LogP contribution in [0, 0.1) is 0 Å². The number of aryl methyl sites for hydroxylation is 2. The van der Waals surface area contributed by atoms with Gasteiger partial charge in [0.05, 0.1) is 19.0 Å². The molecular formula is C14H20N2O2. The second kappa shape index (κ2) is 6.40. The van der Waals surface area contributed by atoms with Crippen molar-refractivity contribution in [2.45, 2.75) is 45.7 Å². The fourth-order valence-corrected chi connectivity index (χ4v) is 1.77. The van der Waals surface area contributed by atoms with Crippen LogP contribution in [0.25, 0.3) is 0 Å². The number of oxazole rings is 1. The summed E-state index contributed by atoms with van der Waals surface area (Å²) < 4.78 is 10.8. The van der Waals surface area contributed by atoms with Crippen molar-refractivity contribution in [3.63, 3.8) is 0 Å². The summed E-state index contributed by atoms with van der Waals surface area (Å²) in [5.41, 5.74) is 0. The van der Waals surface area contributed by atoms with Crippen molar-refractivity contribution in [2.75, 3.05) is 0 Å². The zero-order chi connectivity index (χ0) is 12.8. The Morgan fingerprint density at radius 1 is 1.39 bits per heavy atom. The van der Waals surface area contributed by atoms with Crippen LogP contribution in [0.1, 0.15) is 37.7 Å². The maximum atomic E-state index is 5.54. The zero-order valence-electron chi connectivity index (χ0n) is 11.0. The molecule has 2 rings (SSSR count). The minimum absolute atomic E-state index is 0.409. The third-order valence-corrected chi connectivity index (χ3v) is 2.96. The van der Waals surface area contributed by atoms with Crippen LogP contribution in [0.4, 0.5) is 0 Å². The number of nitrogens with one attached hydrogen (secondary N) is 1. The molecule has 0 aliphatic heterocycles. The summed E-state index contributed by atoms with van der Waals surface area (Å²) in [5.74, 6) is 2.74. The average molecular weight is 248 g/mol. The van der Waals surface area contributed by atoms with Gasteiger partial charge >= 0.3 is 0 Å². The quantitative estimate of drug-likeness (QED) is 0.818. The van der Waals surface area contributed by atoms with Gasteiger partial charge in [0.1, 0.15) is 11.5 Å². The van der Waals surface area contributed by atoms with Crippen molar-refractivity contribution in [2.24, 2.45) is 0 Å². The van der Waals surface area contributed by atoms with Gasteiger partial charge in [-0.2, -0.15) is 0 Å². The summed E-state index contributed by atoms with van der Waals surface area (Å²) in [7, 11) is 0. The Balaban J connectivity index is 1.69. The Bertz CT molecular complexity index is 448. The molecule has 0 saturated carbocycles. The van der Waals surface area contributed by atoms with E-state index < -0.39 is 0 Å². The monoisotopic (exact) mass is 248 g/mol. The Labute approximate surface area is 107 Å². The van der Waals surface area contributed by atoms with E-state index in [0.29, 0.717) is 12.6 Å². The molecule has 0 aliphatic carbocycles. The van der Waals surface area contributed by atoms with Gasteiger partial charge in [-0.15, -0.1) is 0 Å². The Kier molecular flexibility index (Phi) is 4.59. The normalized spacial score (nSPS) is 12.8. The van der Waals surface area contributed by atoms with Crippen LogP contribution in [-0.4, -0.2) is 11.0 Å². The summed E-state index contributed by atoms with van der Waals surface area (Å²) in [6.07, 6.45) is 6.39. The second-order valence-corrected chi connectivity index (χ2v) is 4.47. The van der Waals surface area contributed by atoms with Crippen LogP contribution >= 0.6 is 0 Å². The minimum Gasteiger partial charge on any atom is -0.469 e. The predicted octanol–water partition coefficient (Wildman–Crippen LogP) is 2.94. The molecule has 1 atom stereocenters. The average Bonchev–Trinajstić information content (AvgIpc) is 3.04. The molecule has 2 aromatic rings. The van der Waals surface area contributed by atoms with Crippen molar-refractivity contribution < 1.29 is 8.83 Å². The first kappa shape index (κ1) is 12.9. The van der Waals surface area contributed by atoms with Crippen LogP contribution in [0.5, 0.6) is 0 Å². The standard InChI is InChI=1S/C14H20N2O2/c1-3-12-9-16-14(18-12)10-15-11(2)6-7-13-5-4-8-17-13/h4-5,8-9,11,15H,3,6-7,10H2,1-2H3. The number of furan rings is 1. The van der Waals surface area contributed by atoms with Gasteiger partial charge in [-0.05, 0) is 25.5 Å². The highest BCUT2D eigenvalue weighted by atomic mass is 16.4. The lowest BCUT2D eigenvalue weighted by Crippen LogP contribution is -2.26. The molecule has 0 amide bonds. The Morgan fingerprint density at radius 2 is 2.28 bits per heavy atom. The maximum Gasteiger partial charge on any atom is 0.208 e. The van der Waals surface area contributed by atoms with Crippen molar-refractivity contribution >= 4 is 0 Å². The molecule has 0 saturated heterocycles. The van der Waals surface area contributed by atoms with E-state index >= 15 is 0 Å². The summed E-state index contributed by atoms with van der Waals surface area (Å²) in [6, 6.07) is 4.34. The molecule has 4 nitrogen and oxygen atoms in total. The van der Waals surface area contributed by atoms with E-state index in [4.69, 9.17) is 8.83 Å². The first-order chi connectivity index (χ1) is 8.78. The SMILES string of the molecule is CCc1cnc(CNC(C)CCc2ccco2)o1. The first-order valence-corrected chi connectivity index (χ1v) is 6.47. The van der Waals surface area contributed by atoms with Crippen LogP contribution in [0.2, 0.25) is 0 Å². The third kappa shape index (κ3) is 3.74. The van der Waals surface area contributed by atoms with Gasteiger partial charge < -0.3 is 14.2 Å². The highest BCUT2D eigenvalue weighted by Gasteiger charge is 2.06. The largest absolute Gasteiger partial charge is 0.469 e. The van der Waals surface area contributed by atoms with Crippen molar-refractivity contribution in [3.8, 4) is 0 Å². The maximum absolute atomic E-state index is 5.54. The van der Waals surface area contributed by atoms with E-state index in [0.717, 1.165) is 36.7 Å².